The highest BCUT2D eigenvalue weighted by atomic mass is 35.5. The van der Waals surface area contributed by atoms with Crippen molar-refractivity contribution in [3.05, 3.63) is 64.7 Å². The lowest BCUT2D eigenvalue weighted by Gasteiger charge is -2.59. The molecule has 4 saturated heterocycles. The Hall–Kier alpha value is -3.54. The Morgan fingerprint density at radius 1 is 1.06 bits per heavy atom. The molecule has 2 unspecified atom stereocenters. The number of benzene rings is 3. The number of carboxylic acids is 1. The van der Waals surface area contributed by atoms with Gasteiger partial charge in [-0.2, -0.15) is 5.10 Å². The van der Waals surface area contributed by atoms with E-state index in [2.05, 4.69) is 28.0 Å². The van der Waals surface area contributed by atoms with Gasteiger partial charge in [0.25, 0.3) is 0 Å². The summed E-state index contributed by atoms with van der Waals surface area (Å²) in [6, 6.07) is 17.5. The van der Waals surface area contributed by atoms with Crippen LogP contribution >= 0.6 is 22.9 Å². The van der Waals surface area contributed by atoms with E-state index in [9.17, 15) is 9.90 Å². The molecule has 9 nitrogen and oxygen atoms in total. The fourth-order valence-corrected chi connectivity index (χ4v) is 8.70. The van der Waals surface area contributed by atoms with E-state index in [4.69, 9.17) is 31.2 Å². The van der Waals surface area contributed by atoms with Crippen LogP contribution in [-0.2, 0) is 21.3 Å². The molecule has 4 aliphatic rings. The third kappa shape index (κ3) is 5.31. The molecule has 47 heavy (non-hydrogen) atoms. The van der Waals surface area contributed by atoms with Crippen LogP contribution in [0.4, 0.5) is 5.82 Å². The molecule has 4 aliphatic heterocycles. The van der Waals surface area contributed by atoms with E-state index in [1.807, 2.05) is 69.8 Å². The van der Waals surface area contributed by atoms with Gasteiger partial charge in [0.1, 0.15) is 5.01 Å². The second-order valence-electron chi connectivity index (χ2n) is 14.1. The van der Waals surface area contributed by atoms with E-state index in [1.54, 1.807) is 11.3 Å². The summed E-state index contributed by atoms with van der Waals surface area (Å²) in [4.78, 5) is 23.0. The van der Waals surface area contributed by atoms with Crippen molar-refractivity contribution in [2.45, 2.75) is 63.9 Å². The van der Waals surface area contributed by atoms with Crippen LogP contribution in [0.5, 0.6) is 0 Å². The molecule has 0 radical (unpaired) electrons. The summed E-state index contributed by atoms with van der Waals surface area (Å²) in [7, 11) is 2.01. The molecule has 4 fully saturated rings. The fraction of sp³-hybridized carbons (Fsp3) is 0.417. The highest BCUT2D eigenvalue weighted by Crippen LogP contribution is 2.46. The highest BCUT2D eigenvalue weighted by molar-refractivity contribution is 7.22. The second kappa shape index (κ2) is 11.3. The molecular weight excluding hydrogens is 634 g/mol. The zero-order chi connectivity index (χ0) is 32.8. The first kappa shape index (κ1) is 30.8. The van der Waals surface area contributed by atoms with Gasteiger partial charge in [-0.25, -0.2) is 9.78 Å². The number of aryl methyl sites for hydroxylation is 2. The maximum Gasteiger partial charge on any atom is 0.337 e. The number of aromatic nitrogens is 3. The molecule has 0 saturated carbocycles. The Morgan fingerprint density at radius 2 is 1.77 bits per heavy atom. The molecule has 3 atom stereocenters. The van der Waals surface area contributed by atoms with Crippen molar-refractivity contribution >= 4 is 55.8 Å². The zero-order valence-electron chi connectivity index (χ0n) is 27.2. The van der Waals surface area contributed by atoms with E-state index in [1.165, 1.54) is 6.42 Å². The van der Waals surface area contributed by atoms with Crippen molar-refractivity contribution in [1.82, 2.24) is 19.7 Å². The molecule has 2 bridgehead atoms. The van der Waals surface area contributed by atoms with Crippen molar-refractivity contribution in [1.29, 1.82) is 0 Å². The van der Waals surface area contributed by atoms with Gasteiger partial charge in [-0.05, 0) is 81.6 Å². The van der Waals surface area contributed by atoms with Gasteiger partial charge < -0.3 is 19.5 Å². The number of anilines is 1. The van der Waals surface area contributed by atoms with Gasteiger partial charge in [0, 0.05) is 59.3 Å². The Morgan fingerprint density at radius 3 is 2.40 bits per heavy atom. The SMILES string of the molecule is Cc1cc2nc(-c3ccc4c(c3)c(N3C5CC3CN(C3COC3)C5)nn4C)sc2c(-c2ccc(Cl)cc2)c1[C@H](OC(C)(C)C)C(=O)O. The maximum atomic E-state index is 12.7. The number of carboxylic acid groups (broad SMARTS) is 1. The summed E-state index contributed by atoms with van der Waals surface area (Å²) in [5.74, 6) is 0.0108. The van der Waals surface area contributed by atoms with Gasteiger partial charge in [-0.1, -0.05) is 23.7 Å². The fourth-order valence-electron chi connectivity index (χ4n) is 7.45. The number of piperidine rings is 1. The van der Waals surface area contributed by atoms with Gasteiger partial charge in [0.2, 0.25) is 0 Å². The minimum absolute atomic E-state index is 0.458. The summed E-state index contributed by atoms with van der Waals surface area (Å²) in [6.45, 7) is 11.3. The molecule has 3 aromatic carbocycles. The summed E-state index contributed by atoms with van der Waals surface area (Å²) >= 11 is 7.86. The number of carbonyl (C=O) groups is 1. The van der Waals surface area contributed by atoms with Gasteiger partial charge in [0.15, 0.2) is 11.9 Å². The number of hydrogen-bond acceptors (Lipinski definition) is 8. The first-order valence-electron chi connectivity index (χ1n) is 16.1. The van der Waals surface area contributed by atoms with Crippen LogP contribution in [-0.4, -0.2) is 80.8 Å². The van der Waals surface area contributed by atoms with Crippen LogP contribution in [0.15, 0.2) is 48.5 Å². The normalized spacial score (nSPS) is 20.9. The molecule has 5 aromatic rings. The molecule has 0 spiro atoms. The molecule has 1 N–H and O–H groups in total. The Kier molecular flexibility index (Phi) is 7.38. The van der Waals surface area contributed by atoms with E-state index < -0.39 is 17.7 Å². The highest BCUT2D eigenvalue weighted by Gasteiger charge is 2.48. The smallest absolute Gasteiger partial charge is 0.337 e. The van der Waals surface area contributed by atoms with E-state index in [0.717, 1.165) is 80.5 Å². The quantitative estimate of drug-likeness (QED) is 0.196. The molecule has 0 aliphatic carbocycles. The van der Waals surface area contributed by atoms with Crippen LogP contribution in [0.1, 0.15) is 44.4 Å². The van der Waals surface area contributed by atoms with Gasteiger partial charge >= 0.3 is 5.97 Å². The minimum atomic E-state index is -1.16. The third-order valence-corrected chi connectivity index (χ3v) is 11.1. The number of thiazole rings is 1. The van der Waals surface area contributed by atoms with Crippen molar-refractivity contribution < 1.29 is 19.4 Å². The number of nitrogens with zero attached hydrogens (tertiary/aromatic N) is 5. The first-order chi connectivity index (χ1) is 22.4. The topological polar surface area (TPSA) is 93.0 Å². The van der Waals surface area contributed by atoms with Crippen LogP contribution < -0.4 is 4.90 Å². The van der Waals surface area contributed by atoms with Gasteiger partial charge in [-0.15, -0.1) is 11.3 Å². The third-order valence-electron chi connectivity index (χ3n) is 9.70. The predicted octanol–water partition coefficient (Wildman–Crippen LogP) is 7.08. The molecule has 6 heterocycles. The first-order valence-corrected chi connectivity index (χ1v) is 17.3. The molecular formula is C36H38ClN5O4S. The largest absolute Gasteiger partial charge is 0.479 e. The molecule has 244 valence electrons. The Labute approximate surface area is 282 Å². The van der Waals surface area contributed by atoms with Crippen LogP contribution in [0.3, 0.4) is 0 Å². The standard InChI is InChI=1S/C36H38ClN5O4S/c1-19-12-27-32(30(20-6-9-22(37)10-7-20)29(19)31(35(43)44)46-36(2,3)4)47-34(38-27)21-8-11-28-26(13-21)33(39-40(28)5)42-23-14-24(42)16-41(15-23)25-17-45-18-25/h6-13,23-25,31H,14-18H2,1-5H3,(H,43,44)/t23?,24?,31-/m0/s1. The maximum absolute atomic E-state index is 12.7. The minimum Gasteiger partial charge on any atom is -0.479 e. The molecule has 11 heteroatoms. The summed E-state index contributed by atoms with van der Waals surface area (Å²) < 4.78 is 14.5. The van der Waals surface area contributed by atoms with E-state index in [0.29, 0.717) is 28.7 Å². The van der Waals surface area contributed by atoms with E-state index >= 15 is 0 Å². The average molecular weight is 672 g/mol. The lowest BCUT2D eigenvalue weighted by Crippen LogP contribution is -2.72. The number of fused-ring (bicyclic) bond motifs is 4. The lowest BCUT2D eigenvalue weighted by atomic mass is 9.86. The zero-order valence-corrected chi connectivity index (χ0v) is 28.7. The number of ether oxygens (including phenoxy) is 2. The van der Waals surface area contributed by atoms with Crippen LogP contribution in [0, 0.1) is 6.92 Å². The van der Waals surface area contributed by atoms with Crippen LogP contribution in [0.25, 0.3) is 42.8 Å². The number of piperazine rings is 1. The van der Waals surface area contributed by atoms with Crippen LogP contribution in [0.2, 0.25) is 5.02 Å². The average Bonchev–Trinajstić information content (AvgIpc) is 3.55. The molecule has 9 rings (SSSR count). The van der Waals surface area contributed by atoms with E-state index in [-0.39, 0.29) is 0 Å². The molecule has 2 aromatic heterocycles. The van der Waals surface area contributed by atoms with Gasteiger partial charge in [0.05, 0.1) is 40.6 Å². The Bertz CT molecular complexity index is 2020. The second-order valence-corrected chi connectivity index (χ2v) is 15.5. The number of hydrogen-bond donors (Lipinski definition) is 1. The summed E-state index contributed by atoms with van der Waals surface area (Å²) in [6.07, 6.45) is 0.0409. The monoisotopic (exact) mass is 671 g/mol. The van der Waals surface area contributed by atoms with Gasteiger partial charge in [-0.3, -0.25) is 9.58 Å². The summed E-state index contributed by atoms with van der Waals surface area (Å²) in [5, 5.41) is 18.1. The number of aliphatic carboxylic acids is 1. The van der Waals surface area contributed by atoms with Crippen molar-refractivity contribution in [2.24, 2.45) is 7.05 Å². The lowest BCUT2D eigenvalue weighted by molar-refractivity contribution is -0.160. The van der Waals surface area contributed by atoms with Crippen molar-refractivity contribution in [3.63, 3.8) is 0 Å². The van der Waals surface area contributed by atoms with Crippen molar-refractivity contribution in [2.75, 3.05) is 31.2 Å². The van der Waals surface area contributed by atoms with Crippen molar-refractivity contribution in [3.8, 4) is 21.7 Å². The predicted molar refractivity (Wildman–Crippen MR) is 187 cm³/mol. The number of halogens is 1. The Balaban J connectivity index is 1.23. The summed E-state index contributed by atoms with van der Waals surface area (Å²) in [5.41, 5.74) is 5.37. The molecule has 0 amide bonds. The number of rotatable bonds is 7.